The number of hydrogen-bond acceptors (Lipinski definition) is 3. The van der Waals surface area contributed by atoms with Gasteiger partial charge in [-0.2, -0.15) is 5.10 Å². The molecule has 2 heterocycles. The summed E-state index contributed by atoms with van der Waals surface area (Å²) in [7, 11) is 0. The Balaban J connectivity index is 1.87. The van der Waals surface area contributed by atoms with Gasteiger partial charge >= 0.3 is 0 Å². The largest absolute Gasteiger partial charge is 0.347 e. The standard InChI is InChI=1S/C9H13N5/c1-7(8-2-13-14-3-8)11-5-9-4-10-6-12-9/h2-4,6-7,11H,5H2,1H3,(H,10,12)(H,13,14). The second kappa shape index (κ2) is 4.06. The first-order valence-electron chi connectivity index (χ1n) is 4.55. The smallest absolute Gasteiger partial charge is 0.0922 e. The lowest BCUT2D eigenvalue weighted by atomic mass is 10.2. The molecule has 5 nitrogen and oxygen atoms in total. The molecular formula is C9H13N5. The lowest BCUT2D eigenvalue weighted by Gasteiger charge is -2.10. The van der Waals surface area contributed by atoms with Gasteiger partial charge in [0.25, 0.3) is 0 Å². The molecule has 14 heavy (non-hydrogen) atoms. The zero-order valence-electron chi connectivity index (χ0n) is 7.99. The average Bonchev–Trinajstić information content (AvgIpc) is 2.87. The lowest BCUT2D eigenvalue weighted by molar-refractivity contribution is 0.569. The van der Waals surface area contributed by atoms with Crippen molar-refractivity contribution in [1.82, 2.24) is 25.5 Å². The minimum absolute atomic E-state index is 0.289. The molecule has 0 fully saturated rings. The van der Waals surface area contributed by atoms with Gasteiger partial charge in [-0.25, -0.2) is 4.98 Å². The van der Waals surface area contributed by atoms with Gasteiger partial charge in [0.1, 0.15) is 0 Å². The van der Waals surface area contributed by atoms with Crippen LogP contribution in [0.3, 0.4) is 0 Å². The maximum Gasteiger partial charge on any atom is 0.0922 e. The van der Waals surface area contributed by atoms with Crippen LogP contribution in [0.25, 0.3) is 0 Å². The fourth-order valence-electron chi connectivity index (χ4n) is 1.26. The summed E-state index contributed by atoms with van der Waals surface area (Å²) in [4.78, 5) is 6.99. The van der Waals surface area contributed by atoms with Crippen LogP contribution in [0.4, 0.5) is 0 Å². The third-order valence-electron chi connectivity index (χ3n) is 2.17. The summed E-state index contributed by atoms with van der Waals surface area (Å²) in [6.45, 7) is 2.88. The van der Waals surface area contributed by atoms with Gasteiger partial charge in [0.05, 0.1) is 12.5 Å². The molecule has 0 aromatic carbocycles. The van der Waals surface area contributed by atoms with Crippen LogP contribution in [-0.4, -0.2) is 20.2 Å². The van der Waals surface area contributed by atoms with E-state index in [1.165, 1.54) is 0 Å². The van der Waals surface area contributed by atoms with E-state index in [1.807, 2.05) is 18.6 Å². The summed E-state index contributed by atoms with van der Waals surface area (Å²) in [6, 6.07) is 0.289. The van der Waals surface area contributed by atoms with Gasteiger partial charge in [0.15, 0.2) is 0 Å². The minimum Gasteiger partial charge on any atom is -0.347 e. The van der Waals surface area contributed by atoms with Crippen LogP contribution in [0.2, 0.25) is 0 Å². The second-order valence-corrected chi connectivity index (χ2v) is 3.21. The SMILES string of the molecule is CC(NCc1cnc[nH]1)c1cn[nH]c1. The van der Waals surface area contributed by atoms with Gasteiger partial charge in [-0.3, -0.25) is 5.10 Å². The molecule has 5 heteroatoms. The van der Waals surface area contributed by atoms with Crippen molar-refractivity contribution in [3.63, 3.8) is 0 Å². The van der Waals surface area contributed by atoms with Crippen molar-refractivity contribution in [3.8, 4) is 0 Å². The Morgan fingerprint density at radius 1 is 1.50 bits per heavy atom. The first kappa shape index (κ1) is 8.96. The molecule has 3 N–H and O–H groups in total. The molecule has 0 aliphatic heterocycles. The molecule has 0 amide bonds. The number of nitrogens with zero attached hydrogens (tertiary/aromatic N) is 2. The second-order valence-electron chi connectivity index (χ2n) is 3.21. The molecule has 0 spiro atoms. The predicted octanol–water partition coefficient (Wildman–Crippen LogP) is 0.984. The van der Waals surface area contributed by atoms with E-state index in [2.05, 4.69) is 32.4 Å². The number of aromatic amines is 2. The van der Waals surface area contributed by atoms with Crippen molar-refractivity contribution in [2.75, 3.05) is 0 Å². The third-order valence-corrected chi connectivity index (χ3v) is 2.17. The van der Waals surface area contributed by atoms with Gasteiger partial charge in [-0.05, 0) is 6.92 Å². The van der Waals surface area contributed by atoms with Crippen LogP contribution < -0.4 is 5.32 Å². The summed E-state index contributed by atoms with van der Waals surface area (Å²) in [5.41, 5.74) is 2.24. The van der Waals surface area contributed by atoms with Gasteiger partial charge < -0.3 is 10.3 Å². The predicted molar refractivity (Wildman–Crippen MR) is 52.4 cm³/mol. The van der Waals surface area contributed by atoms with Crippen molar-refractivity contribution in [2.24, 2.45) is 0 Å². The van der Waals surface area contributed by atoms with Gasteiger partial charge in [0, 0.05) is 36.2 Å². The van der Waals surface area contributed by atoms with Crippen LogP contribution in [0.15, 0.2) is 24.9 Å². The first-order chi connectivity index (χ1) is 6.86. The highest BCUT2D eigenvalue weighted by atomic mass is 15.1. The Morgan fingerprint density at radius 2 is 2.43 bits per heavy atom. The summed E-state index contributed by atoms with van der Waals surface area (Å²) in [5, 5.41) is 10.1. The molecule has 0 saturated carbocycles. The fourth-order valence-corrected chi connectivity index (χ4v) is 1.26. The summed E-state index contributed by atoms with van der Waals surface area (Å²) < 4.78 is 0. The molecule has 2 aromatic heterocycles. The molecule has 0 aliphatic rings. The van der Waals surface area contributed by atoms with E-state index in [9.17, 15) is 0 Å². The molecule has 0 saturated heterocycles. The van der Waals surface area contributed by atoms with Gasteiger partial charge in [-0.1, -0.05) is 0 Å². The van der Waals surface area contributed by atoms with Gasteiger partial charge in [-0.15, -0.1) is 0 Å². The maximum absolute atomic E-state index is 3.95. The molecule has 1 unspecified atom stereocenters. The molecule has 0 bridgehead atoms. The molecular weight excluding hydrogens is 178 g/mol. The highest BCUT2D eigenvalue weighted by Crippen LogP contribution is 2.09. The van der Waals surface area contributed by atoms with Gasteiger partial charge in [0.2, 0.25) is 0 Å². The van der Waals surface area contributed by atoms with E-state index < -0.39 is 0 Å². The molecule has 74 valence electrons. The van der Waals surface area contributed by atoms with Crippen molar-refractivity contribution in [1.29, 1.82) is 0 Å². The van der Waals surface area contributed by atoms with E-state index in [1.54, 1.807) is 6.33 Å². The average molecular weight is 191 g/mol. The third kappa shape index (κ3) is 2.00. The number of aromatic nitrogens is 4. The molecule has 2 rings (SSSR count). The monoisotopic (exact) mass is 191 g/mol. The van der Waals surface area contributed by atoms with Crippen LogP contribution >= 0.6 is 0 Å². The first-order valence-corrected chi connectivity index (χ1v) is 4.55. The maximum atomic E-state index is 3.95. The molecule has 0 aliphatic carbocycles. The van der Waals surface area contributed by atoms with Crippen molar-refractivity contribution in [2.45, 2.75) is 19.5 Å². The normalized spacial score (nSPS) is 12.9. The van der Waals surface area contributed by atoms with Crippen LogP contribution in [-0.2, 0) is 6.54 Å². The van der Waals surface area contributed by atoms with Crippen LogP contribution in [0.1, 0.15) is 24.2 Å². The highest BCUT2D eigenvalue weighted by molar-refractivity contribution is 5.08. The topological polar surface area (TPSA) is 69.4 Å². The zero-order chi connectivity index (χ0) is 9.80. The summed E-state index contributed by atoms with van der Waals surface area (Å²) in [6.07, 6.45) is 7.21. The number of H-pyrrole nitrogens is 2. The van der Waals surface area contributed by atoms with Crippen molar-refractivity contribution >= 4 is 0 Å². The van der Waals surface area contributed by atoms with E-state index in [-0.39, 0.29) is 6.04 Å². The summed E-state index contributed by atoms with van der Waals surface area (Å²) in [5.74, 6) is 0. The number of imidazole rings is 1. The van der Waals surface area contributed by atoms with Crippen LogP contribution in [0, 0.1) is 0 Å². The Kier molecular flexibility index (Phi) is 2.60. The molecule has 2 aromatic rings. The van der Waals surface area contributed by atoms with Crippen molar-refractivity contribution in [3.05, 3.63) is 36.2 Å². The fraction of sp³-hybridized carbons (Fsp3) is 0.333. The van der Waals surface area contributed by atoms with Crippen LogP contribution in [0.5, 0.6) is 0 Å². The van der Waals surface area contributed by atoms with E-state index >= 15 is 0 Å². The molecule has 1 atom stereocenters. The quantitative estimate of drug-likeness (QED) is 0.674. The highest BCUT2D eigenvalue weighted by Gasteiger charge is 2.05. The number of hydrogen-bond donors (Lipinski definition) is 3. The van der Waals surface area contributed by atoms with Crippen molar-refractivity contribution < 1.29 is 0 Å². The zero-order valence-corrected chi connectivity index (χ0v) is 7.99. The molecule has 0 radical (unpaired) electrons. The van der Waals surface area contributed by atoms with E-state index in [0.717, 1.165) is 17.8 Å². The Hall–Kier alpha value is -1.62. The number of rotatable bonds is 4. The Labute approximate surface area is 82.0 Å². The van der Waals surface area contributed by atoms with E-state index in [0.29, 0.717) is 0 Å². The number of nitrogens with one attached hydrogen (secondary N) is 3. The minimum atomic E-state index is 0.289. The Bertz CT molecular complexity index is 350. The summed E-state index contributed by atoms with van der Waals surface area (Å²) >= 11 is 0. The lowest BCUT2D eigenvalue weighted by Crippen LogP contribution is -2.17. The van der Waals surface area contributed by atoms with E-state index in [4.69, 9.17) is 0 Å². The Morgan fingerprint density at radius 3 is 3.07 bits per heavy atom.